The van der Waals surface area contributed by atoms with Crippen molar-refractivity contribution < 1.29 is 13.9 Å². The summed E-state index contributed by atoms with van der Waals surface area (Å²) in [7, 11) is -1.48. The van der Waals surface area contributed by atoms with E-state index in [4.69, 9.17) is 9.36 Å². The number of hydrogen-bond donors (Lipinski definition) is 0. The van der Waals surface area contributed by atoms with E-state index in [0.717, 1.165) is 23.5 Å². The lowest BCUT2D eigenvalue weighted by atomic mass is 9.80. The van der Waals surface area contributed by atoms with Crippen molar-refractivity contribution >= 4 is 18.0 Å². The van der Waals surface area contributed by atoms with Crippen LogP contribution in [0.5, 0.6) is 0 Å². The summed E-state index contributed by atoms with van der Waals surface area (Å²) in [6.07, 6.45) is 1.36. The molecule has 1 heterocycles. The second-order valence-corrected chi connectivity index (χ2v) is 10.8. The Bertz CT molecular complexity index is 743. The van der Waals surface area contributed by atoms with Crippen LogP contribution in [0.1, 0.15) is 40.5 Å². The minimum Gasteiger partial charge on any atom is -0.319 e. The summed E-state index contributed by atoms with van der Waals surface area (Å²) in [6.45, 7) is 8.57. The molecule has 0 radical (unpaired) electrons. The Kier molecular flexibility index (Phi) is 5.65. The normalized spacial score (nSPS) is 20.5. The molecule has 27 heavy (non-hydrogen) atoms. The van der Waals surface area contributed by atoms with Gasteiger partial charge < -0.3 is 9.36 Å². The van der Waals surface area contributed by atoms with Gasteiger partial charge in [0.2, 0.25) is 0 Å². The molecular formula is C22H30NO3P. The predicted octanol–water partition coefficient (Wildman–Crippen LogP) is 4.52. The van der Waals surface area contributed by atoms with Gasteiger partial charge in [0, 0.05) is 21.7 Å². The fourth-order valence-electron chi connectivity index (χ4n) is 4.47. The highest BCUT2D eigenvalue weighted by molar-refractivity contribution is 7.74. The van der Waals surface area contributed by atoms with E-state index in [1.54, 1.807) is 7.11 Å². The molecular weight excluding hydrogens is 357 g/mol. The van der Waals surface area contributed by atoms with Gasteiger partial charge in [-0.1, -0.05) is 36.4 Å². The second-order valence-electron chi connectivity index (χ2n) is 8.46. The molecule has 5 heteroatoms. The van der Waals surface area contributed by atoms with Crippen molar-refractivity contribution in [2.45, 2.75) is 57.7 Å². The van der Waals surface area contributed by atoms with Gasteiger partial charge in [-0.15, -0.1) is 0 Å². The van der Waals surface area contributed by atoms with E-state index in [-0.39, 0.29) is 17.2 Å². The van der Waals surface area contributed by atoms with Crippen LogP contribution in [0, 0.1) is 0 Å². The summed E-state index contributed by atoms with van der Waals surface area (Å²) in [5, 5.41) is 3.51. The molecule has 2 aromatic carbocycles. The monoisotopic (exact) mass is 387 g/mol. The van der Waals surface area contributed by atoms with Crippen LogP contribution < -0.4 is 10.6 Å². The van der Waals surface area contributed by atoms with Crippen LogP contribution in [0.4, 0.5) is 0 Å². The molecule has 1 saturated heterocycles. The summed E-state index contributed by atoms with van der Waals surface area (Å²) in [6, 6.07) is 19.1. The van der Waals surface area contributed by atoms with Gasteiger partial charge in [-0.25, -0.2) is 0 Å². The Morgan fingerprint density at radius 1 is 0.852 bits per heavy atom. The maximum absolute atomic E-state index is 14.2. The van der Waals surface area contributed by atoms with Gasteiger partial charge in [-0.3, -0.25) is 4.57 Å². The highest BCUT2D eigenvalue weighted by Gasteiger charge is 2.48. The smallest absolute Gasteiger partial charge is 0.261 e. The van der Waals surface area contributed by atoms with Crippen LogP contribution in [-0.2, 0) is 13.9 Å². The average molecular weight is 387 g/mol. The van der Waals surface area contributed by atoms with Gasteiger partial charge in [0.25, 0.3) is 7.37 Å². The Balaban J connectivity index is 1.98. The first-order valence-corrected chi connectivity index (χ1v) is 11.1. The molecule has 146 valence electrons. The number of piperidine rings is 1. The van der Waals surface area contributed by atoms with Crippen molar-refractivity contribution in [3.05, 3.63) is 60.7 Å². The second kappa shape index (κ2) is 7.52. The maximum Gasteiger partial charge on any atom is 0.261 e. The highest BCUT2D eigenvalue weighted by Crippen LogP contribution is 2.50. The first kappa shape index (κ1) is 20.3. The van der Waals surface area contributed by atoms with Crippen molar-refractivity contribution in [1.29, 1.82) is 0 Å². The molecule has 1 aliphatic rings. The highest BCUT2D eigenvalue weighted by atomic mass is 31.2. The number of hydrogen-bond acceptors (Lipinski definition) is 4. The Morgan fingerprint density at radius 2 is 1.26 bits per heavy atom. The van der Waals surface area contributed by atoms with Gasteiger partial charge in [0.05, 0.1) is 13.2 Å². The van der Waals surface area contributed by atoms with E-state index in [1.165, 1.54) is 0 Å². The third-order valence-corrected chi connectivity index (χ3v) is 7.78. The third-order valence-electron chi connectivity index (χ3n) is 5.23. The number of hydroxylamine groups is 2. The molecule has 0 saturated carbocycles. The molecule has 0 bridgehead atoms. The fourth-order valence-corrected chi connectivity index (χ4v) is 6.71. The Morgan fingerprint density at radius 3 is 1.63 bits per heavy atom. The van der Waals surface area contributed by atoms with Gasteiger partial charge in [0.1, 0.15) is 0 Å². The molecule has 1 aliphatic heterocycles. The Labute approximate surface area is 162 Å². The van der Waals surface area contributed by atoms with Crippen molar-refractivity contribution in [3.8, 4) is 0 Å². The van der Waals surface area contributed by atoms with Crippen molar-refractivity contribution in [2.24, 2.45) is 0 Å². The minimum absolute atomic E-state index is 0.132. The standard InChI is InChI=1S/C22H30NO3P/c1-21(2)16-18(17-22(3,4)23(21)25-5)26-27(24,19-12-8-6-9-13-19)20-14-10-7-11-15-20/h6-15,18H,16-17H2,1-5H3. The van der Waals surface area contributed by atoms with E-state index in [2.05, 4.69) is 27.7 Å². The fraction of sp³-hybridized carbons (Fsp3) is 0.455. The first-order chi connectivity index (χ1) is 12.7. The zero-order valence-electron chi connectivity index (χ0n) is 16.9. The molecule has 0 atom stereocenters. The zero-order valence-corrected chi connectivity index (χ0v) is 17.8. The molecule has 0 spiro atoms. The molecule has 0 amide bonds. The summed E-state index contributed by atoms with van der Waals surface area (Å²) in [5.41, 5.74) is -0.446. The van der Waals surface area contributed by atoms with E-state index in [9.17, 15) is 4.57 Å². The Hall–Kier alpha value is -1.45. The summed E-state index contributed by atoms with van der Waals surface area (Å²) in [5.74, 6) is 0. The average Bonchev–Trinajstić information content (AvgIpc) is 2.61. The van der Waals surface area contributed by atoms with Crippen LogP contribution in [0.2, 0.25) is 0 Å². The van der Waals surface area contributed by atoms with Crippen LogP contribution >= 0.6 is 7.37 Å². The van der Waals surface area contributed by atoms with Gasteiger partial charge in [0.15, 0.2) is 0 Å². The molecule has 0 N–H and O–H groups in total. The van der Waals surface area contributed by atoms with Crippen molar-refractivity contribution in [3.63, 3.8) is 0 Å². The summed E-state index contributed by atoms with van der Waals surface area (Å²) in [4.78, 5) is 5.68. The van der Waals surface area contributed by atoms with Crippen LogP contribution in [0.15, 0.2) is 60.7 Å². The lowest BCUT2D eigenvalue weighted by Crippen LogP contribution is -2.61. The van der Waals surface area contributed by atoms with E-state index in [0.29, 0.717) is 0 Å². The number of rotatable bonds is 5. The lowest BCUT2D eigenvalue weighted by molar-refractivity contribution is -0.274. The molecule has 3 rings (SSSR count). The molecule has 2 aromatic rings. The quantitative estimate of drug-likeness (QED) is 0.708. The maximum atomic E-state index is 14.2. The van der Waals surface area contributed by atoms with Crippen LogP contribution in [-0.4, -0.2) is 29.4 Å². The molecule has 0 aliphatic carbocycles. The molecule has 0 aromatic heterocycles. The molecule has 1 fully saturated rings. The molecule has 4 nitrogen and oxygen atoms in total. The zero-order chi connectivity index (χ0) is 19.7. The van der Waals surface area contributed by atoms with Crippen LogP contribution in [0.25, 0.3) is 0 Å². The predicted molar refractivity (Wildman–Crippen MR) is 111 cm³/mol. The summed E-state index contributed by atoms with van der Waals surface area (Å²) >= 11 is 0. The third kappa shape index (κ3) is 4.05. The number of nitrogens with zero attached hydrogens (tertiary/aromatic N) is 1. The van der Waals surface area contributed by atoms with E-state index >= 15 is 0 Å². The SMILES string of the molecule is CON1C(C)(C)CC(OP(=O)(c2ccccc2)c2ccccc2)CC1(C)C. The minimum atomic E-state index is -3.19. The van der Waals surface area contributed by atoms with Gasteiger partial charge >= 0.3 is 0 Å². The van der Waals surface area contributed by atoms with Crippen LogP contribution in [0.3, 0.4) is 0 Å². The largest absolute Gasteiger partial charge is 0.319 e. The summed E-state index contributed by atoms with van der Waals surface area (Å²) < 4.78 is 20.7. The van der Waals surface area contributed by atoms with E-state index in [1.807, 2.05) is 65.7 Å². The lowest BCUT2D eigenvalue weighted by Gasteiger charge is -2.53. The van der Waals surface area contributed by atoms with Gasteiger partial charge in [-0.2, -0.15) is 5.06 Å². The van der Waals surface area contributed by atoms with E-state index < -0.39 is 7.37 Å². The molecule has 0 unspecified atom stereocenters. The van der Waals surface area contributed by atoms with Crippen molar-refractivity contribution in [2.75, 3.05) is 7.11 Å². The van der Waals surface area contributed by atoms with Crippen molar-refractivity contribution in [1.82, 2.24) is 5.06 Å². The first-order valence-electron chi connectivity index (χ1n) is 9.43. The van der Waals surface area contributed by atoms with Gasteiger partial charge in [-0.05, 0) is 64.8 Å². The topological polar surface area (TPSA) is 38.8 Å². The number of benzene rings is 2.